The van der Waals surface area contributed by atoms with Crippen molar-refractivity contribution in [3.8, 4) is 0 Å². The van der Waals surface area contributed by atoms with Gasteiger partial charge >= 0.3 is 5.97 Å². The molecule has 1 aromatic carbocycles. The van der Waals surface area contributed by atoms with Gasteiger partial charge in [0, 0.05) is 16.2 Å². The Bertz CT molecular complexity index is 477. The Labute approximate surface area is 135 Å². The van der Waals surface area contributed by atoms with Crippen molar-refractivity contribution in [3.05, 3.63) is 28.2 Å². The maximum atomic E-state index is 11.7. The van der Waals surface area contributed by atoms with Crippen molar-refractivity contribution in [2.75, 3.05) is 17.3 Å². The van der Waals surface area contributed by atoms with Crippen molar-refractivity contribution in [1.82, 2.24) is 0 Å². The van der Waals surface area contributed by atoms with Gasteiger partial charge in [0.2, 0.25) is 5.91 Å². The summed E-state index contributed by atoms with van der Waals surface area (Å²) < 4.78 is 5.58. The third kappa shape index (κ3) is 5.63. The Hall–Kier alpha value is -0.880. The first-order valence-electron chi connectivity index (χ1n) is 6.41. The molecule has 0 bridgehead atoms. The minimum atomic E-state index is -0.372. The molecule has 0 atom stereocenters. The molecular weight excluding hydrogens is 390 g/mol. The van der Waals surface area contributed by atoms with E-state index in [1.807, 2.05) is 0 Å². The smallest absolute Gasteiger partial charge is 0.338 e. The second kappa shape index (κ2) is 9.13. The normalized spacial score (nSPS) is 10.2. The molecule has 4 nitrogen and oxygen atoms in total. The molecule has 0 fully saturated rings. The summed E-state index contributed by atoms with van der Waals surface area (Å²) in [5.41, 5.74) is 1.11. The second-order valence-electron chi connectivity index (χ2n) is 4.11. The van der Waals surface area contributed by atoms with Crippen LogP contribution in [0.1, 0.15) is 36.5 Å². The number of carbonyl (C=O) groups excluding carboxylic acids is 2. The Morgan fingerprint density at radius 3 is 2.65 bits per heavy atom. The first-order valence-corrected chi connectivity index (χ1v) is 8.32. The SMILES string of the molecule is CCOC(=O)c1ccc(NC(=O)CCCCBr)c(Br)c1. The van der Waals surface area contributed by atoms with Crippen molar-refractivity contribution >= 4 is 49.4 Å². The van der Waals surface area contributed by atoms with E-state index >= 15 is 0 Å². The van der Waals surface area contributed by atoms with Gasteiger partial charge in [-0.2, -0.15) is 0 Å². The topological polar surface area (TPSA) is 55.4 Å². The molecule has 1 aromatic rings. The van der Waals surface area contributed by atoms with Gasteiger partial charge in [0.05, 0.1) is 17.9 Å². The maximum Gasteiger partial charge on any atom is 0.338 e. The summed E-state index contributed by atoms with van der Waals surface area (Å²) >= 11 is 6.68. The van der Waals surface area contributed by atoms with Gasteiger partial charge in [0.25, 0.3) is 0 Å². The summed E-state index contributed by atoms with van der Waals surface area (Å²) in [5.74, 6) is -0.404. The van der Waals surface area contributed by atoms with Gasteiger partial charge in [-0.05, 0) is 53.9 Å². The van der Waals surface area contributed by atoms with Crippen LogP contribution < -0.4 is 5.32 Å². The summed E-state index contributed by atoms with van der Waals surface area (Å²) in [5, 5.41) is 3.72. The molecule has 0 aromatic heterocycles. The molecule has 110 valence electrons. The number of amides is 1. The molecule has 0 aliphatic carbocycles. The molecule has 0 unspecified atom stereocenters. The maximum absolute atomic E-state index is 11.7. The van der Waals surface area contributed by atoms with Crippen molar-refractivity contribution in [3.63, 3.8) is 0 Å². The number of carbonyl (C=O) groups is 2. The largest absolute Gasteiger partial charge is 0.462 e. The van der Waals surface area contributed by atoms with Crippen LogP contribution in [0.2, 0.25) is 0 Å². The summed E-state index contributed by atoms with van der Waals surface area (Å²) in [7, 11) is 0. The van der Waals surface area contributed by atoms with Gasteiger partial charge in [0.1, 0.15) is 0 Å². The van der Waals surface area contributed by atoms with Crippen LogP contribution in [-0.4, -0.2) is 23.8 Å². The lowest BCUT2D eigenvalue weighted by Gasteiger charge is -2.09. The lowest BCUT2D eigenvalue weighted by atomic mass is 10.2. The minimum absolute atomic E-state index is 0.0319. The van der Waals surface area contributed by atoms with Crippen LogP contribution in [0, 0.1) is 0 Å². The molecule has 0 saturated heterocycles. The second-order valence-corrected chi connectivity index (χ2v) is 5.76. The van der Waals surface area contributed by atoms with E-state index in [9.17, 15) is 9.59 Å². The van der Waals surface area contributed by atoms with Crippen LogP contribution in [-0.2, 0) is 9.53 Å². The van der Waals surface area contributed by atoms with E-state index in [-0.39, 0.29) is 11.9 Å². The van der Waals surface area contributed by atoms with E-state index in [2.05, 4.69) is 37.2 Å². The standard InChI is InChI=1S/C14H17Br2NO3/c1-2-20-14(19)10-6-7-12(11(16)9-10)17-13(18)5-3-4-8-15/h6-7,9H,2-5,8H2,1H3,(H,17,18). The van der Waals surface area contributed by atoms with Gasteiger partial charge in [-0.1, -0.05) is 15.9 Å². The number of hydrogen-bond donors (Lipinski definition) is 1. The van der Waals surface area contributed by atoms with Crippen LogP contribution in [0.5, 0.6) is 0 Å². The summed E-state index contributed by atoms with van der Waals surface area (Å²) in [6, 6.07) is 4.97. The van der Waals surface area contributed by atoms with Gasteiger partial charge in [-0.3, -0.25) is 4.79 Å². The number of anilines is 1. The van der Waals surface area contributed by atoms with Crippen molar-refractivity contribution in [2.24, 2.45) is 0 Å². The fraction of sp³-hybridized carbons (Fsp3) is 0.429. The van der Waals surface area contributed by atoms with Gasteiger partial charge in [0.15, 0.2) is 0 Å². The molecule has 1 amide bonds. The van der Waals surface area contributed by atoms with E-state index < -0.39 is 0 Å². The van der Waals surface area contributed by atoms with E-state index in [0.29, 0.717) is 28.8 Å². The third-order valence-corrected chi connectivity index (χ3v) is 3.76. The molecule has 20 heavy (non-hydrogen) atoms. The lowest BCUT2D eigenvalue weighted by Crippen LogP contribution is -2.12. The molecule has 6 heteroatoms. The molecule has 1 rings (SSSR count). The van der Waals surface area contributed by atoms with Crippen LogP contribution in [0.4, 0.5) is 5.69 Å². The zero-order chi connectivity index (χ0) is 15.0. The lowest BCUT2D eigenvalue weighted by molar-refractivity contribution is -0.116. The van der Waals surface area contributed by atoms with Gasteiger partial charge < -0.3 is 10.1 Å². The first kappa shape index (κ1) is 17.2. The summed E-state index contributed by atoms with van der Waals surface area (Å²) in [6.45, 7) is 2.09. The summed E-state index contributed by atoms with van der Waals surface area (Å²) in [4.78, 5) is 23.3. The Morgan fingerprint density at radius 2 is 2.05 bits per heavy atom. The predicted molar refractivity (Wildman–Crippen MR) is 86.4 cm³/mol. The third-order valence-electron chi connectivity index (χ3n) is 2.54. The highest BCUT2D eigenvalue weighted by Gasteiger charge is 2.10. The first-order chi connectivity index (χ1) is 9.58. The Balaban J connectivity index is 2.64. The van der Waals surface area contributed by atoms with E-state index in [0.717, 1.165) is 18.2 Å². The number of ether oxygens (including phenoxy) is 1. The Morgan fingerprint density at radius 1 is 1.30 bits per heavy atom. The monoisotopic (exact) mass is 405 g/mol. The molecule has 0 heterocycles. The predicted octanol–water partition coefficient (Wildman–Crippen LogP) is 4.13. The molecule has 0 aliphatic rings. The quantitative estimate of drug-likeness (QED) is 0.420. The highest BCUT2D eigenvalue weighted by Crippen LogP contribution is 2.24. The minimum Gasteiger partial charge on any atom is -0.462 e. The number of nitrogens with one attached hydrogen (secondary N) is 1. The van der Waals surface area contributed by atoms with Crippen LogP contribution in [0.25, 0.3) is 0 Å². The molecular formula is C14H17Br2NO3. The zero-order valence-electron chi connectivity index (χ0n) is 11.2. The Kier molecular flexibility index (Phi) is 7.84. The number of benzene rings is 1. The molecule has 0 aliphatic heterocycles. The molecule has 0 saturated carbocycles. The zero-order valence-corrected chi connectivity index (χ0v) is 14.4. The summed E-state index contributed by atoms with van der Waals surface area (Å²) in [6.07, 6.45) is 2.30. The number of unbranched alkanes of at least 4 members (excludes halogenated alkanes) is 1. The number of rotatable bonds is 7. The fourth-order valence-electron chi connectivity index (χ4n) is 1.55. The van der Waals surface area contributed by atoms with E-state index in [4.69, 9.17) is 4.74 Å². The van der Waals surface area contributed by atoms with E-state index in [1.54, 1.807) is 25.1 Å². The highest BCUT2D eigenvalue weighted by molar-refractivity contribution is 9.10. The molecule has 0 radical (unpaired) electrons. The number of hydrogen-bond acceptors (Lipinski definition) is 3. The number of esters is 1. The molecule has 1 N–H and O–H groups in total. The van der Waals surface area contributed by atoms with Crippen molar-refractivity contribution < 1.29 is 14.3 Å². The van der Waals surface area contributed by atoms with E-state index in [1.165, 1.54) is 0 Å². The van der Waals surface area contributed by atoms with Crippen LogP contribution in [0.3, 0.4) is 0 Å². The highest BCUT2D eigenvalue weighted by atomic mass is 79.9. The average molecular weight is 407 g/mol. The van der Waals surface area contributed by atoms with Crippen molar-refractivity contribution in [1.29, 1.82) is 0 Å². The average Bonchev–Trinajstić information content (AvgIpc) is 2.41. The van der Waals surface area contributed by atoms with Gasteiger partial charge in [-0.15, -0.1) is 0 Å². The van der Waals surface area contributed by atoms with Crippen molar-refractivity contribution in [2.45, 2.75) is 26.2 Å². The fourth-order valence-corrected chi connectivity index (χ4v) is 2.43. The van der Waals surface area contributed by atoms with Crippen LogP contribution >= 0.6 is 31.9 Å². The number of halogens is 2. The molecule has 0 spiro atoms. The van der Waals surface area contributed by atoms with Crippen LogP contribution in [0.15, 0.2) is 22.7 Å². The van der Waals surface area contributed by atoms with Gasteiger partial charge in [-0.25, -0.2) is 4.79 Å². The number of alkyl halides is 1.